The summed E-state index contributed by atoms with van der Waals surface area (Å²) in [5.41, 5.74) is 3.24. The molecule has 1 N–H and O–H groups in total. The van der Waals surface area contributed by atoms with Crippen LogP contribution in [-0.4, -0.2) is 35.5 Å². The van der Waals surface area contributed by atoms with Crippen molar-refractivity contribution in [3.8, 4) is 5.75 Å². The van der Waals surface area contributed by atoms with Gasteiger partial charge in [-0.25, -0.2) is 4.99 Å². The average molecular weight is 531 g/mol. The van der Waals surface area contributed by atoms with E-state index >= 15 is 0 Å². The number of benzene rings is 3. The molecule has 3 aromatic rings. The lowest BCUT2D eigenvalue weighted by Crippen LogP contribution is -2.29. The summed E-state index contributed by atoms with van der Waals surface area (Å²) < 4.78 is 5.66. The zero-order valence-corrected chi connectivity index (χ0v) is 22.4. The van der Waals surface area contributed by atoms with Gasteiger partial charge >= 0.3 is 0 Å². The number of rotatable bonds is 6. The Hall–Kier alpha value is -3.69. The molecular weight excluding hydrogens is 504 g/mol. The molecule has 2 heterocycles. The maximum absolute atomic E-state index is 13.8. The summed E-state index contributed by atoms with van der Waals surface area (Å²) in [5.74, 6) is 0.292. The number of amidine groups is 1. The van der Waals surface area contributed by atoms with E-state index in [2.05, 4.69) is 22.3 Å². The van der Waals surface area contributed by atoms with E-state index in [0.717, 1.165) is 21.2 Å². The summed E-state index contributed by atoms with van der Waals surface area (Å²) in [6.45, 7) is 4.21. The molecule has 0 radical (unpaired) electrons. The highest BCUT2D eigenvalue weighted by Gasteiger charge is 2.39. The second kappa shape index (κ2) is 10.7. The summed E-state index contributed by atoms with van der Waals surface area (Å²) in [4.78, 5) is 36.0. The predicted octanol–water partition coefficient (Wildman–Crippen LogP) is 6.22. The molecule has 188 valence electrons. The molecule has 0 saturated carbocycles. The Balaban J connectivity index is 1.55. The third kappa shape index (κ3) is 5.23. The summed E-state index contributed by atoms with van der Waals surface area (Å²) in [5, 5.41) is 4.29. The van der Waals surface area contributed by atoms with E-state index in [1.165, 1.54) is 18.7 Å². The number of hydrogen-bond donors (Lipinski definition) is 1. The van der Waals surface area contributed by atoms with Crippen molar-refractivity contribution in [3.05, 3.63) is 88.3 Å². The Bertz CT molecular complexity index is 1420. The largest absolute Gasteiger partial charge is 0.492 e. The molecule has 2 aliphatic heterocycles. The standard InChI is InChI=1S/C28H26N4O3S2/c1-4-35-23-15-14-20(16-21(23)29-18(2)33)30-28-32(17-19-10-6-5-7-11-19)26(34)25(37-28)27-31(3)22-12-8-9-13-24(22)36-27/h5-16H,4,17H2,1-3H3,(H,29,33)/b27-25+,30-28?. The zero-order chi connectivity index (χ0) is 25.9. The monoisotopic (exact) mass is 530 g/mol. The highest BCUT2D eigenvalue weighted by atomic mass is 32.2. The number of ether oxygens (including phenoxy) is 1. The first kappa shape index (κ1) is 25.0. The zero-order valence-electron chi connectivity index (χ0n) is 20.7. The first-order valence-corrected chi connectivity index (χ1v) is 13.5. The van der Waals surface area contributed by atoms with E-state index in [1.54, 1.807) is 28.8 Å². The molecule has 2 amide bonds. The maximum Gasteiger partial charge on any atom is 0.269 e. The molecule has 3 aromatic carbocycles. The number of anilines is 2. The van der Waals surface area contributed by atoms with Crippen LogP contribution in [0.15, 0.2) is 92.6 Å². The fraction of sp³-hybridized carbons (Fsp3) is 0.179. The van der Waals surface area contributed by atoms with Crippen molar-refractivity contribution in [3.63, 3.8) is 0 Å². The van der Waals surface area contributed by atoms with Gasteiger partial charge in [0, 0.05) is 18.9 Å². The highest BCUT2D eigenvalue weighted by Crippen LogP contribution is 2.50. The number of amides is 2. The van der Waals surface area contributed by atoms with Crippen molar-refractivity contribution >= 4 is 57.6 Å². The Morgan fingerprint density at radius 1 is 1.03 bits per heavy atom. The Kier molecular flexibility index (Phi) is 7.25. The van der Waals surface area contributed by atoms with E-state index in [9.17, 15) is 9.59 Å². The lowest BCUT2D eigenvalue weighted by molar-refractivity contribution is -0.122. The number of carbonyl (C=O) groups excluding carboxylic acids is 2. The molecular formula is C28H26N4O3S2. The number of hydrogen-bond acceptors (Lipinski definition) is 7. The second-order valence-electron chi connectivity index (χ2n) is 8.43. The van der Waals surface area contributed by atoms with Gasteiger partial charge in [0.15, 0.2) is 5.17 Å². The van der Waals surface area contributed by atoms with Crippen LogP contribution in [0.1, 0.15) is 19.4 Å². The molecule has 2 aliphatic rings. The van der Waals surface area contributed by atoms with E-state index < -0.39 is 0 Å². The van der Waals surface area contributed by atoms with Crippen LogP contribution in [0.25, 0.3) is 0 Å². The van der Waals surface area contributed by atoms with E-state index in [4.69, 9.17) is 9.73 Å². The normalized spacial score (nSPS) is 17.9. The third-order valence-electron chi connectivity index (χ3n) is 5.78. The van der Waals surface area contributed by atoms with Gasteiger partial charge < -0.3 is 15.0 Å². The SMILES string of the molecule is CCOc1ccc(N=C2S/C(=C3/Sc4ccccc4N3C)C(=O)N2Cc2ccccc2)cc1NC(C)=O. The first-order chi connectivity index (χ1) is 17.9. The van der Waals surface area contributed by atoms with Crippen LogP contribution in [0.4, 0.5) is 17.1 Å². The van der Waals surface area contributed by atoms with Gasteiger partial charge in [-0.1, -0.05) is 54.2 Å². The van der Waals surface area contributed by atoms with Crippen molar-refractivity contribution in [2.75, 3.05) is 23.9 Å². The first-order valence-electron chi connectivity index (χ1n) is 11.9. The number of nitrogens with zero attached hydrogens (tertiary/aromatic N) is 3. The van der Waals surface area contributed by atoms with E-state index in [-0.39, 0.29) is 11.8 Å². The quantitative estimate of drug-likeness (QED) is 0.382. The number of para-hydroxylation sites is 1. The lowest BCUT2D eigenvalue weighted by Gasteiger charge is -2.17. The van der Waals surface area contributed by atoms with Gasteiger partial charge in [-0.3, -0.25) is 14.5 Å². The molecule has 1 fully saturated rings. The van der Waals surface area contributed by atoms with Gasteiger partial charge in [0.05, 0.1) is 35.2 Å². The van der Waals surface area contributed by atoms with Crippen molar-refractivity contribution in [1.82, 2.24) is 4.90 Å². The van der Waals surface area contributed by atoms with E-state index in [1.807, 2.05) is 62.5 Å². The number of fused-ring (bicyclic) bond motifs is 1. The van der Waals surface area contributed by atoms with Crippen molar-refractivity contribution in [2.45, 2.75) is 25.3 Å². The Labute approximate surface area is 224 Å². The topological polar surface area (TPSA) is 74.2 Å². The number of thioether (sulfide) groups is 2. The van der Waals surface area contributed by atoms with Crippen LogP contribution in [0.2, 0.25) is 0 Å². The van der Waals surface area contributed by atoms with Gasteiger partial charge in [-0.15, -0.1) is 0 Å². The van der Waals surface area contributed by atoms with Crippen molar-refractivity contribution < 1.29 is 14.3 Å². The lowest BCUT2D eigenvalue weighted by atomic mass is 10.2. The number of nitrogens with one attached hydrogen (secondary N) is 1. The van der Waals surface area contributed by atoms with Crippen molar-refractivity contribution in [1.29, 1.82) is 0 Å². The van der Waals surface area contributed by atoms with Gasteiger partial charge in [0.25, 0.3) is 5.91 Å². The van der Waals surface area contributed by atoms with Crippen LogP contribution in [-0.2, 0) is 16.1 Å². The van der Waals surface area contributed by atoms with Crippen LogP contribution in [0.3, 0.4) is 0 Å². The molecule has 0 unspecified atom stereocenters. The number of aliphatic imine (C=N–C) groups is 1. The smallest absolute Gasteiger partial charge is 0.269 e. The summed E-state index contributed by atoms with van der Waals surface area (Å²) in [7, 11) is 1.98. The van der Waals surface area contributed by atoms with Crippen LogP contribution in [0.5, 0.6) is 5.75 Å². The second-order valence-corrected chi connectivity index (χ2v) is 10.4. The summed E-state index contributed by atoms with van der Waals surface area (Å²) in [6.07, 6.45) is 0. The molecule has 0 spiro atoms. The van der Waals surface area contributed by atoms with Crippen LogP contribution >= 0.6 is 23.5 Å². The molecule has 1 saturated heterocycles. The van der Waals surface area contributed by atoms with Crippen LogP contribution in [0, 0.1) is 0 Å². The minimum absolute atomic E-state index is 0.0808. The molecule has 9 heteroatoms. The fourth-order valence-corrected chi connectivity index (χ4v) is 6.43. The van der Waals surface area contributed by atoms with Gasteiger partial charge in [0.2, 0.25) is 5.91 Å². The fourth-order valence-electron chi connectivity index (χ4n) is 4.09. The van der Waals surface area contributed by atoms with Crippen molar-refractivity contribution in [2.24, 2.45) is 4.99 Å². The summed E-state index contributed by atoms with van der Waals surface area (Å²) in [6, 6.07) is 23.4. The molecule has 0 bridgehead atoms. The average Bonchev–Trinajstić information content (AvgIpc) is 3.37. The van der Waals surface area contributed by atoms with Gasteiger partial charge in [0.1, 0.15) is 10.7 Å². The predicted molar refractivity (Wildman–Crippen MR) is 151 cm³/mol. The molecule has 0 aliphatic carbocycles. The third-order valence-corrected chi connectivity index (χ3v) is 8.21. The minimum atomic E-state index is -0.199. The molecule has 37 heavy (non-hydrogen) atoms. The molecule has 7 nitrogen and oxygen atoms in total. The molecule has 0 aromatic heterocycles. The molecule has 5 rings (SSSR count). The highest BCUT2D eigenvalue weighted by molar-refractivity contribution is 8.19. The van der Waals surface area contributed by atoms with Crippen LogP contribution < -0.4 is 15.0 Å². The Morgan fingerprint density at radius 2 is 1.78 bits per heavy atom. The summed E-state index contributed by atoms with van der Waals surface area (Å²) >= 11 is 2.97. The maximum atomic E-state index is 13.8. The van der Waals surface area contributed by atoms with Gasteiger partial charge in [-0.2, -0.15) is 0 Å². The Morgan fingerprint density at radius 3 is 2.51 bits per heavy atom. The minimum Gasteiger partial charge on any atom is -0.492 e. The number of carbonyl (C=O) groups is 2. The van der Waals surface area contributed by atoms with Gasteiger partial charge in [-0.05, 0) is 54.6 Å². The van der Waals surface area contributed by atoms with E-state index in [0.29, 0.717) is 40.3 Å². The molecule has 0 atom stereocenters.